The van der Waals surface area contributed by atoms with Crippen LogP contribution >= 0.6 is 0 Å². The first-order valence-electron chi connectivity index (χ1n) is 6.31. The van der Waals surface area contributed by atoms with Crippen molar-refractivity contribution in [3.05, 3.63) is 65.0 Å². The highest BCUT2D eigenvalue weighted by Gasteiger charge is 2.31. The van der Waals surface area contributed by atoms with Gasteiger partial charge in [-0.05, 0) is 35.9 Å². The molecule has 0 amide bonds. The van der Waals surface area contributed by atoms with Gasteiger partial charge in [-0.15, -0.1) is 0 Å². The summed E-state index contributed by atoms with van der Waals surface area (Å²) < 4.78 is 104. The Morgan fingerprint density at radius 2 is 1.54 bits per heavy atom. The summed E-state index contributed by atoms with van der Waals surface area (Å²) in [5.74, 6) is -3.95. The lowest BCUT2D eigenvalue weighted by atomic mass is 10.1. The Kier molecular flexibility index (Phi) is 4.90. The SMILES string of the molecule is O=S(=O)(NCc1cc(F)cc(C(F)(F)F)c1)c1c(F)cccc1F. The molecule has 0 unspecified atom stereocenters. The first-order chi connectivity index (χ1) is 11.0. The second-order valence-corrected chi connectivity index (χ2v) is 6.43. The summed E-state index contributed by atoms with van der Waals surface area (Å²) in [5, 5.41) is 0. The van der Waals surface area contributed by atoms with Crippen molar-refractivity contribution in [1.29, 1.82) is 0 Å². The van der Waals surface area contributed by atoms with Crippen molar-refractivity contribution in [1.82, 2.24) is 4.72 Å². The molecule has 2 aromatic carbocycles. The van der Waals surface area contributed by atoms with Crippen LogP contribution in [-0.4, -0.2) is 8.42 Å². The molecule has 0 heterocycles. The smallest absolute Gasteiger partial charge is 0.207 e. The van der Waals surface area contributed by atoms with Gasteiger partial charge in [0.05, 0.1) is 5.56 Å². The van der Waals surface area contributed by atoms with Gasteiger partial charge in [0.15, 0.2) is 4.90 Å². The summed E-state index contributed by atoms with van der Waals surface area (Å²) in [6, 6.07) is 3.82. The zero-order valence-corrected chi connectivity index (χ0v) is 12.5. The Morgan fingerprint density at radius 1 is 0.958 bits per heavy atom. The molecule has 0 radical (unpaired) electrons. The standard InChI is InChI=1S/C14H9F6NO2S/c15-10-5-8(4-9(6-10)14(18,19)20)7-21-24(22,23)13-11(16)2-1-3-12(13)17/h1-6,21H,7H2. The number of sulfonamides is 1. The highest BCUT2D eigenvalue weighted by Crippen LogP contribution is 2.30. The fourth-order valence-corrected chi connectivity index (χ4v) is 3.06. The second-order valence-electron chi connectivity index (χ2n) is 4.72. The van der Waals surface area contributed by atoms with Gasteiger partial charge < -0.3 is 0 Å². The van der Waals surface area contributed by atoms with Crippen molar-refractivity contribution in [2.24, 2.45) is 0 Å². The molecule has 0 fully saturated rings. The average Bonchev–Trinajstić information content (AvgIpc) is 2.43. The van der Waals surface area contributed by atoms with Gasteiger partial charge in [0.25, 0.3) is 0 Å². The molecule has 10 heteroatoms. The van der Waals surface area contributed by atoms with E-state index >= 15 is 0 Å². The van der Waals surface area contributed by atoms with Crippen LogP contribution in [0.15, 0.2) is 41.3 Å². The van der Waals surface area contributed by atoms with Gasteiger partial charge in [-0.3, -0.25) is 0 Å². The van der Waals surface area contributed by atoms with Gasteiger partial charge in [-0.1, -0.05) is 6.07 Å². The Labute approximate surface area is 133 Å². The van der Waals surface area contributed by atoms with Crippen LogP contribution in [0.25, 0.3) is 0 Å². The van der Waals surface area contributed by atoms with Crippen LogP contribution in [0, 0.1) is 17.5 Å². The maximum absolute atomic E-state index is 13.5. The van der Waals surface area contributed by atoms with E-state index in [9.17, 15) is 34.8 Å². The molecule has 0 saturated heterocycles. The van der Waals surface area contributed by atoms with Crippen molar-refractivity contribution >= 4 is 10.0 Å². The fourth-order valence-electron chi connectivity index (χ4n) is 1.91. The van der Waals surface area contributed by atoms with Crippen LogP contribution in [0.2, 0.25) is 0 Å². The van der Waals surface area contributed by atoms with E-state index in [1.54, 1.807) is 4.72 Å². The lowest BCUT2D eigenvalue weighted by molar-refractivity contribution is -0.137. The number of halogens is 6. The number of benzene rings is 2. The van der Waals surface area contributed by atoms with Gasteiger partial charge in [0.1, 0.15) is 17.5 Å². The lowest BCUT2D eigenvalue weighted by Crippen LogP contribution is -2.25. The predicted molar refractivity (Wildman–Crippen MR) is 71.8 cm³/mol. The van der Waals surface area contributed by atoms with Crippen molar-refractivity contribution < 1.29 is 34.8 Å². The van der Waals surface area contributed by atoms with E-state index in [2.05, 4.69) is 0 Å². The van der Waals surface area contributed by atoms with Gasteiger partial charge >= 0.3 is 6.18 Å². The van der Waals surface area contributed by atoms with Crippen LogP contribution in [0.5, 0.6) is 0 Å². The monoisotopic (exact) mass is 369 g/mol. The fraction of sp³-hybridized carbons (Fsp3) is 0.143. The minimum absolute atomic E-state index is 0.245. The number of nitrogens with one attached hydrogen (secondary N) is 1. The quantitative estimate of drug-likeness (QED) is 0.837. The van der Waals surface area contributed by atoms with E-state index < -0.39 is 50.7 Å². The minimum Gasteiger partial charge on any atom is -0.207 e. The van der Waals surface area contributed by atoms with Crippen LogP contribution in [0.3, 0.4) is 0 Å². The third-order valence-electron chi connectivity index (χ3n) is 2.94. The molecule has 0 saturated carbocycles. The van der Waals surface area contributed by atoms with E-state index in [0.29, 0.717) is 24.3 Å². The molecule has 3 nitrogen and oxygen atoms in total. The summed E-state index contributed by atoms with van der Waals surface area (Å²) in [4.78, 5) is -1.27. The van der Waals surface area contributed by atoms with E-state index in [1.165, 1.54) is 0 Å². The molecule has 2 aromatic rings. The van der Waals surface area contributed by atoms with Gasteiger partial charge in [-0.2, -0.15) is 13.2 Å². The molecular formula is C14H9F6NO2S. The van der Waals surface area contributed by atoms with Gasteiger partial charge in [0, 0.05) is 6.54 Å². The van der Waals surface area contributed by atoms with Crippen molar-refractivity contribution in [2.45, 2.75) is 17.6 Å². The average molecular weight is 369 g/mol. The normalized spacial score (nSPS) is 12.4. The Hall–Kier alpha value is -2.07. The minimum atomic E-state index is -4.83. The van der Waals surface area contributed by atoms with Crippen molar-refractivity contribution in [3.8, 4) is 0 Å². The molecular weight excluding hydrogens is 360 g/mol. The first-order valence-corrected chi connectivity index (χ1v) is 7.79. The topological polar surface area (TPSA) is 46.2 Å². The van der Waals surface area contributed by atoms with E-state index in [1.807, 2.05) is 0 Å². The van der Waals surface area contributed by atoms with E-state index in [4.69, 9.17) is 0 Å². The largest absolute Gasteiger partial charge is 0.416 e. The lowest BCUT2D eigenvalue weighted by Gasteiger charge is -2.11. The maximum atomic E-state index is 13.5. The molecule has 0 aliphatic rings. The van der Waals surface area contributed by atoms with Crippen LogP contribution in [0.4, 0.5) is 26.3 Å². The van der Waals surface area contributed by atoms with Crippen molar-refractivity contribution in [3.63, 3.8) is 0 Å². The van der Waals surface area contributed by atoms with Gasteiger partial charge in [-0.25, -0.2) is 26.3 Å². The summed E-state index contributed by atoms with van der Waals surface area (Å²) in [6.45, 7) is -0.781. The number of rotatable bonds is 4. The molecule has 0 atom stereocenters. The van der Waals surface area contributed by atoms with Crippen LogP contribution in [0.1, 0.15) is 11.1 Å². The van der Waals surface area contributed by atoms with Crippen LogP contribution in [-0.2, 0) is 22.7 Å². The second kappa shape index (κ2) is 6.44. The molecule has 1 N–H and O–H groups in total. The maximum Gasteiger partial charge on any atom is 0.416 e. The molecule has 130 valence electrons. The Morgan fingerprint density at radius 3 is 2.08 bits per heavy atom. The van der Waals surface area contributed by atoms with Gasteiger partial charge in [0.2, 0.25) is 10.0 Å². The summed E-state index contributed by atoms with van der Waals surface area (Å²) >= 11 is 0. The third kappa shape index (κ3) is 4.06. The summed E-state index contributed by atoms with van der Waals surface area (Å²) in [5.41, 5.74) is -1.67. The Balaban J connectivity index is 2.29. The molecule has 0 aromatic heterocycles. The first kappa shape index (κ1) is 18.3. The summed E-state index contributed by atoms with van der Waals surface area (Å²) in [6.07, 6.45) is -4.83. The highest BCUT2D eigenvalue weighted by molar-refractivity contribution is 7.89. The third-order valence-corrected chi connectivity index (χ3v) is 4.39. The molecule has 0 spiro atoms. The zero-order valence-electron chi connectivity index (χ0n) is 11.7. The Bertz CT molecular complexity index is 844. The number of hydrogen-bond donors (Lipinski definition) is 1. The van der Waals surface area contributed by atoms with Crippen LogP contribution < -0.4 is 4.72 Å². The molecule has 0 bridgehead atoms. The molecule has 24 heavy (non-hydrogen) atoms. The molecule has 2 rings (SSSR count). The zero-order chi connectivity index (χ0) is 18.1. The number of hydrogen-bond acceptors (Lipinski definition) is 2. The molecule has 0 aliphatic heterocycles. The van der Waals surface area contributed by atoms with E-state index in [0.717, 1.165) is 6.07 Å². The highest BCUT2D eigenvalue weighted by atomic mass is 32.2. The van der Waals surface area contributed by atoms with Crippen molar-refractivity contribution in [2.75, 3.05) is 0 Å². The predicted octanol–water partition coefficient (Wildman–Crippen LogP) is 3.60. The summed E-state index contributed by atoms with van der Waals surface area (Å²) in [7, 11) is -4.68. The molecule has 0 aliphatic carbocycles. The van der Waals surface area contributed by atoms with E-state index in [-0.39, 0.29) is 11.6 Å². The number of alkyl halides is 3.